The van der Waals surface area contributed by atoms with Crippen LogP contribution < -0.4 is 4.72 Å². The predicted octanol–water partition coefficient (Wildman–Crippen LogP) is 4.82. The quantitative estimate of drug-likeness (QED) is 0.575. The molecule has 1 aliphatic rings. The van der Waals surface area contributed by atoms with Crippen molar-refractivity contribution in [2.24, 2.45) is 0 Å². The summed E-state index contributed by atoms with van der Waals surface area (Å²) in [5.74, 6) is -1.24. The number of nitrogens with zero attached hydrogens (tertiary/aromatic N) is 2. The molecular weight excluding hydrogens is 439 g/mol. The zero-order chi connectivity index (χ0) is 21.4. The van der Waals surface area contributed by atoms with E-state index in [4.69, 9.17) is 0 Å². The summed E-state index contributed by atoms with van der Waals surface area (Å²) in [5.41, 5.74) is 1.60. The number of likely N-dealkylation sites (tertiary alicyclic amines) is 1. The Morgan fingerprint density at radius 2 is 1.93 bits per heavy atom. The molecule has 4 rings (SSSR count). The van der Waals surface area contributed by atoms with Crippen LogP contribution in [0.3, 0.4) is 0 Å². The molecule has 30 heavy (non-hydrogen) atoms. The Hall–Kier alpha value is -2.37. The Bertz CT molecular complexity index is 1130. The lowest BCUT2D eigenvalue weighted by atomic mass is 10.2. The number of sulfonamides is 1. The molecule has 0 spiro atoms. The smallest absolute Gasteiger partial charge is 0.351 e. The summed E-state index contributed by atoms with van der Waals surface area (Å²) in [6, 6.07) is 9.20. The van der Waals surface area contributed by atoms with E-state index in [0.29, 0.717) is 5.69 Å². The molecule has 2 aromatic heterocycles. The maximum atomic E-state index is 12.7. The van der Waals surface area contributed by atoms with Gasteiger partial charge >= 0.3 is 6.18 Å². The number of nitrogens with one attached hydrogen (secondary N) is 1. The molecular formula is C19H18F3N3O3S2. The molecule has 1 aromatic carbocycles. The van der Waals surface area contributed by atoms with Crippen molar-refractivity contribution in [3.05, 3.63) is 53.1 Å². The Morgan fingerprint density at radius 1 is 1.17 bits per heavy atom. The maximum absolute atomic E-state index is 12.7. The van der Waals surface area contributed by atoms with E-state index < -0.39 is 22.0 Å². The molecule has 3 aromatic rings. The number of anilines is 1. The van der Waals surface area contributed by atoms with Gasteiger partial charge in [-0.15, -0.1) is 11.3 Å². The van der Waals surface area contributed by atoms with Crippen molar-refractivity contribution in [1.82, 2.24) is 10.1 Å². The van der Waals surface area contributed by atoms with Crippen molar-refractivity contribution >= 4 is 27.0 Å². The number of rotatable bonds is 6. The summed E-state index contributed by atoms with van der Waals surface area (Å²) in [5, 5.41) is 4.81. The zero-order valence-corrected chi connectivity index (χ0v) is 17.3. The summed E-state index contributed by atoms with van der Waals surface area (Å²) < 4.78 is 70.3. The van der Waals surface area contributed by atoms with Crippen LogP contribution in [0.4, 0.5) is 18.9 Å². The minimum absolute atomic E-state index is 0.0287. The molecule has 0 saturated carbocycles. The van der Waals surface area contributed by atoms with Crippen LogP contribution in [-0.4, -0.2) is 31.6 Å². The van der Waals surface area contributed by atoms with Crippen molar-refractivity contribution < 1.29 is 26.1 Å². The largest absolute Gasteiger partial charge is 0.452 e. The second-order valence-corrected chi connectivity index (χ2v) is 9.84. The zero-order valence-electron chi connectivity index (χ0n) is 15.6. The van der Waals surface area contributed by atoms with Gasteiger partial charge in [-0.25, -0.2) is 8.42 Å². The highest BCUT2D eigenvalue weighted by molar-refractivity contribution is 7.94. The predicted molar refractivity (Wildman–Crippen MR) is 107 cm³/mol. The Kier molecular flexibility index (Phi) is 5.60. The van der Waals surface area contributed by atoms with E-state index in [2.05, 4.69) is 19.3 Å². The van der Waals surface area contributed by atoms with E-state index in [-0.39, 0.29) is 15.5 Å². The minimum atomic E-state index is -4.65. The van der Waals surface area contributed by atoms with Crippen molar-refractivity contribution in [2.45, 2.75) is 29.8 Å². The average Bonchev–Trinajstić information content (AvgIpc) is 3.42. The maximum Gasteiger partial charge on any atom is 0.452 e. The van der Waals surface area contributed by atoms with E-state index in [1.54, 1.807) is 18.2 Å². The Labute approximate surface area is 175 Å². The average molecular weight is 457 g/mol. The lowest BCUT2D eigenvalue weighted by molar-refractivity contribution is -0.155. The third kappa shape index (κ3) is 4.68. The molecule has 0 aliphatic carbocycles. The lowest BCUT2D eigenvalue weighted by Crippen LogP contribution is -2.18. The monoisotopic (exact) mass is 457 g/mol. The fourth-order valence-corrected chi connectivity index (χ4v) is 5.50. The summed E-state index contributed by atoms with van der Waals surface area (Å²) >= 11 is 0.896. The Morgan fingerprint density at radius 3 is 2.63 bits per heavy atom. The molecule has 0 bridgehead atoms. The number of alkyl halides is 3. The Balaban J connectivity index is 1.50. The molecule has 1 saturated heterocycles. The van der Waals surface area contributed by atoms with Crippen LogP contribution in [0.1, 0.15) is 24.2 Å². The number of aromatic nitrogens is 1. The molecule has 0 radical (unpaired) electrons. The van der Waals surface area contributed by atoms with Crippen molar-refractivity contribution in [3.8, 4) is 11.3 Å². The van der Waals surface area contributed by atoms with Gasteiger partial charge in [-0.1, -0.05) is 17.3 Å². The molecule has 1 fully saturated rings. The van der Waals surface area contributed by atoms with E-state index >= 15 is 0 Å². The topological polar surface area (TPSA) is 75.4 Å². The van der Waals surface area contributed by atoms with Crippen LogP contribution in [-0.2, 0) is 22.7 Å². The highest BCUT2D eigenvalue weighted by Gasteiger charge is 2.36. The molecule has 0 atom stereocenters. The van der Waals surface area contributed by atoms with Gasteiger partial charge in [-0.2, -0.15) is 13.2 Å². The van der Waals surface area contributed by atoms with Crippen LogP contribution in [0, 0.1) is 0 Å². The molecule has 11 heteroatoms. The number of thiophene rings is 1. The van der Waals surface area contributed by atoms with Gasteiger partial charge in [-0.05, 0) is 49.7 Å². The van der Waals surface area contributed by atoms with Gasteiger partial charge in [0.05, 0.1) is 0 Å². The summed E-state index contributed by atoms with van der Waals surface area (Å²) in [7, 11) is -3.89. The molecule has 1 N–H and O–H groups in total. The second kappa shape index (κ2) is 8.05. The summed E-state index contributed by atoms with van der Waals surface area (Å²) in [6.45, 7) is 2.82. The van der Waals surface area contributed by atoms with E-state index in [1.165, 1.54) is 24.3 Å². The molecule has 1 aliphatic heterocycles. The standard InChI is InChI=1S/C19H18F3N3O3S2/c20-19(21,22)17-10-16(23-28-17)14-9-18(29-12-14)30(26,27)24-15-5-3-4-13(8-15)11-25-6-1-2-7-25/h3-5,8-10,12,24H,1-2,6-7,11H2. The molecule has 160 valence electrons. The second-order valence-electron chi connectivity index (χ2n) is 7.02. The van der Waals surface area contributed by atoms with Gasteiger partial charge in [0.25, 0.3) is 10.0 Å². The van der Waals surface area contributed by atoms with Crippen LogP contribution >= 0.6 is 11.3 Å². The molecule has 3 heterocycles. The third-order valence-electron chi connectivity index (χ3n) is 4.71. The van der Waals surface area contributed by atoms with Crippen molar-refractivity contribution in [2.75, 3.05) is 17.8 Å². The summed E-state index contributed by atoms with van der Waals surface area (Å²) in [6.07, 6.45) is -2.32. The van der Waals surface area contributed by atoms with E-state index in [9.17, 15) is 21.6 Å². The number of benzene rings is 1. The number of hydrogen-bond donors (Lipinski definition) is 1. The van der Waals surface area contributed by atoms with Crippen LogP contribution in [0.25, 0.3) is 11.3 Å². The van der Waals surface area contributed by atoms with Crippen LogP contribution in [0.15, 0.2) is 50.5 Å². The fourth-order valence-electron chi connectivity index (χ4n) is 3.27. The highest BCUT2D eigenvalue weighted by atomic mass is 32.2. The third-order valence-corrected chi connectivity index (χ3v) is 7.53. The first-order chi connectivity index (χ1) is 14.2. The lowest BCUT2D eigenvalue weighted by Gasteiger charge is -2.15. The SMILES string of the molecule is O=S(=O)(Nc1cccc(CN2CCCC2)c1)c1cc(-c2cc(C(F)(F)F)on2)cs1. The van der Waals surface area contributed by atoms with Gasteiger partial charge in [0.2, 0.25) is 5.76 Å². The van der Waals surface area contributed by atoms with Gasteiger partial charge in [0.15, 0.2) is 0 Å². The van der Waals surface area contributed by atoms with Crippen molar-refractivity contribution in [1.29, 1.82) is 0 Å². The first-order valence-corrected chi connectivity index (χ1v) is 11.5. The molecule has 0 unspecified atom stereocenters. The molecule has 0 amide bonds. The van der Waals surface area contributed by atoms with Crippen LogP contribution in [0.2, 0.25) is 0 Å². The first kappa shape index (κ1) is 20.9. The van der Waals surface area contributed by atoms with Crippen molar-refractivity contribution in [3.63, 3.8) is 0 Å². The number of hydrogen-bond acceptors (Lipinski definition) is 6. The normalized spacial score (nSPS) is 15.6. The van der Waals surface area contributed by atoms with Gasteiger partial charge in [0, 0.05) is 29.2 Å². The van der Waals surface area contributed by atoms with E-state index in [1.807, 2.05) is 6.07 Å². The van der Waals surface area contributed by atoms with Gasteiger partial charge < -0.3 is 4.52 Å². The number of halogens is 3. The minimum Gasteiger partial charge on any atom is -0.351 e. The summed E-state index contributed by atoms with van der Waals surface area (Å²) in [4.78, 5) is 2.31. The first-order valence-electron chi connectivity index (χ1n) is 9.18. The fraction of sp³-hybridized carbons (Fsp3) is 0.316. The van der Waals surface area contributed by atoms with E-state index in [0.717, 1.165) is 42.6 Å². The van der Waals surface area contributed by atoms with Gasteiger partial charge in [0.1, 0.15) is 9.90 Å². The van der Waals surface area contributed by atoms with Crippen LogP contribution in [0.5, 0.6) is 0 Å². The molecule has 6 nitrogen and oxygen atoms in total. The highest BCUT2D eigenvalue weighted by Crippen LogP contribution is 2.34. The van der Waals surface area contributed by atoms with Gasteiger partial charge in [-0.3, -0.25) is 9.62 Å².